The van der Waals surface area contributed by atoms with Gasteiger partial charge in [-0.2, -0.15) is 0 Å². The van der Waals surface area contributed by atoms with Crippen molar-refractivity contribution in [3.63, 3.8) is 0 Å². The molecule has 1 unspecified atom stereocenters. The van der Waals surface area contributed by atoms with Crippen LogP contribution >= 0.6 is 8.38 Å². The molecule has 0 saturated carbocycles. The standard InChI is InChI=1S/C13H21N2O3P/c1-10-7-11(8-13(9-16)15-14)4-5-12(10)3-2-6-19(17)18/h4-5,7,9,13,15,17-18H,2-3,6,8,14H2,1H3. The molecule has 0 fully saturated rings. The molecule has 1 rings (SSSR count). The molecule has 0 aliphatic carbocycles. The van der Waals surface area contributed by atoms with E-state index in [4.69, 9.17) is 15.6 Å². The Bertz CT molecular complexity index is 413. The number of aryl methyl sites for hydroxylation is 2. The summed E-state index contributed by atoms with van der Waals surface area (Å²) in [6.45, 7) is 2.02. The fourth-order valence-electron chi connectivity index (χ4n) is 1.98. The largest absolute Gasteiger partial charge is 0.350 e. The van der Waals surface area contributed by atoms with Gasteiger partial charge in [-0.1, -0.05) is 18.2 Å². The Hall–Kier alpha value is -0.840. The van der Waals surface area contributed by atoms with Gasteiger partial charge < -0.3 is 14.6 Å². The van der Waals surface area contributed by atoms with E-state index in [9.17, 15) is 4.79 Å². The van der Waals surface area contributed by atoms with Gasteiger partial charge in [-0.3, -0.25) is 5.84 Å². The molecule has 0 aliphatic heterocycles. The van der Waals surface area contributed by atoms with Crippen molar-refractivity contribution >= 4 is 14.7 Å². The third-order valence-electron chi connectivity index (χ3n) is 3.05. The summed E-state index contributed by atoms with van der Waals surface area (Å²) in [6, 6.07) is 5.69. The summed E-state index contributed by atoms with van der Waals surface area (Å²) in [6.07, 6.45) is 3.41. The number of rotatable bonds is 8. The Balaban J connectivity index is 2.61. The van der Waals surface area contributed by atoms with Crippen molar-refractivity contribution in [3.05, 3.63) is 34.9 Å². The van der Waals surface area contributed by atoms with Crippen LogP contribution in [-0.2, 0) is 17.6 Å². The lowest BCUT2D eigenvalue weighted by Crippen LogP contribution is -2.37. The summed E-state index contributed by atoms with van der Waals surface area (Å²) in [5.74, 6) is 5.27. The molecule has 5 N–H and O–H groups in total. The molecule has 0 aliphatic rings. The molecule has 0 aromatic heterocycles. The average Bonchev–Trinajstić information content (AvgIpc) is 2.38. The van der Waals surface area contributed by atoms with Crippen LogP contribution in [0.1, 0.15) is 23.1 Å². The minimum atomic E-state index is -1.79. The molecule has 1 aromatic carbocycles. The van der Waals surface area contributed by atoms with E-state index in [-0.39, 0.29) is 6.04 Å². The van der Waals surface area contributed by atoms with Gasteiger partial charge in [-0.15, -0.1) is 0 Å². The van der Waals surface area contributed by atoms with Crippen LogP contribution < -0.4 is 11.3 Å². The zero-order valence-electron chi connectivity index (χ0n) is 11.0. The van der Waals surface area contributed by atoms with Gasteiger partial charge >= 0.3 is 0 Å². The van der Waals surface area contributed by atoms with Crippen LogP contribution in [0.4, 0.5) is 0 Å². The molecular weight excluding hydrogens is 263 g/mol. The summed E-state index contributed by atoms with van der Waals surface area (Å²) in [5.41, 5.74) is 5.87. The molecule has 0 spiro atoms. The molecular formula is C13H21N2O3P. The normalized spacial score (nSPS) is 12.7. The van der Waals surface area contributed by atoms with E-state index >= 15 is 0 Å². The predicted molar refractivity (Wildman–Crippen MR) is 76.6 cm³/mol. The van der Waals surface area contributed by atoms with Gasteiger partial charge in [-0.05, 0) is 42.9 Å². The summed E-state index contributed by atoms with van der Waals surface area (Å²) < 4.78 is 0. The van der Waals surface area contributed by atoms with Crippen LogP contribution in [0, 0.1) is 6.92 Å². The predicted octanol–water partition coefficient (Wildman–Crippen LogP) is 0.797. The highest BCUT2D eigenvalue weighted by Gasteiger charge is 2.08. The summed E-state index contributed by atoms with van der Waals surface area (Å²) in [7, 11) is -1.79. The van der Waals surface area contributed by atoms with Gasteiger partial charge in [0.15, 0.2) is 8.38 Å². The topological polar surface area (TPSA) is 95.6 Å². The van der Waals surface area contributed by atoms with Crippen LogP contribution in [0.15, 0.2) is 18.2 Å². The first-order chi connectivity index (χ1) is 9.06. The minimum Gasteiger partial charge on any atom is -0.350 e. The SMILES string of the molecule is Cc1cc(CC(C=O)NN)ccc1CCCP(O)O. The molecule has 19 heavy (non-hydrogen) atoms. The fraction of sp³-hybridized carbons (Fsp3) is 0.462. The zero-order valence-corrected chi connectivity index (χ0v) is 11.9. The highest BCUT2D eigenvalue weighted by molar-refractivity contribution is 7.45. The van der Waals surface area contributed by atoms with Gasteiger partial charge in [0.25, 0.3) is 0 Å². The number of hydrogen-bond acceptors (Lipinski definition) is 5. The van der Waals surface area contributed by atoms with Crippen molar-refractivity contribution in [1.29, 1.82) is 0 Å². The molecule has 0 amide bonds. The van der Waals surface area contributed by atoms with E-state index in [1.54, 1.807) is 0 Å². The number of carbonyl (C=O) groups is 1. The zero-order chi connectivity index (χ0) is 14.3. The van der Waals surface area contributed by atoms with Crippen molar-refractivity contribution in [1.82, 2.24) is 5.43 Å². The Morgan fingerprint density at radius 3 is 2.74 bits per heavy atom. The van der Waals surface area contributed by atoms with E-state index in [0.717, 1.165) is 30.3 Å². The third kappa shape index (κ3) is 5.76. The number of benzene rings is 1. The number of nitrogens with one attached hydrogen (secondary N) is 1. The molecule has 1 aromatic rings. The Morgan fingerprint density at radius 2 is 2.21 bits per heavy atom. The van der Waals surface area contributed by atoms with E-state index in [0.29, 0.717) is 12.6 Å². The summed E-state index contributed by atoms with van der Waals surface area (Å²) in [4.78, 5) is 28.4. The Kier molecular flexibility index (Phi) is 7.13. The second-order valence-corrected chi connectivity index (χ2v) is 5.77. The maximum atomic E-state index is 10.7. The first-order valence-electron chi connectivity index (χ1n) is 6.22. The number of hydrogen-bond donors (Lipinski definition) is 4. The van der Waals surface area contributed by atoms with E-state index in [2.05, 4.69) is 5.43 Å². The lowest BCUT2D eigenvalue weighted by molar-refractivity contribution is -0.109. The van der Waals surface area contributed by atoms with Gasteiger partial charge in [0, 0.05) is 6.16 Å². The Morgan fingerprint density at radius 1 is 1.47 bits per heavy atom. The average molecular weight is 284 g/mol. The molecule has 0 saturated heterocycles. The maximum absolute atomic E-state index is 10.7. The maximum Gasteiger partial charge on any atom is 0.164 e. The van der Waals surface area contributed by atoms with Gasteiger partial charge in [0.05, 0.1) is 6.04 Å². The molecule has 6 heteroatoms. The number of carbonyl (C=O) groups excluding carboxylic acids is 1. The van der Waals surface area contributed by atoms with Gasteiger partial charge in [0.1, 0.15) is 6.29 Å². The number of hydrazine groups is 1. The molecule has 106 valence electrons. The van der Waals surface area contributed by atoms with Gasteiger partial charge in [0.2, 0.25) is 0 Å². The van der Waals surface area contributed by atoms with Crippen molar-refractivity contribution in [2.45, 2.75) is 32.2 Å². The third-order valence-corrected chi connectivity index (χ3v) is 3.76. The number of nitrogens with two attached hydrogens (primary N) is 1. The molecule has 1 atom stereocenters. The second kappa shape index (κ2) is 8.35. The van der Waals surface area contributed by atoms with Crippen molar-refractivity contribution < 1.29 is 14.6 Å². The van der Waals surface area contributed by atoms with Crippen molar-refractivity contribution in [2.24, 2.45) is 5.84 Å². The summed E-state index contributed by atoms with van der Waals surface area (Å²) >= 11 is 0. The molecule has 5 nitrogen and oxygen atoms in total. The highest BCUT2D eigenvalue weighted by Crippen LogP contribution is 2.25. The Labute approximate surface area is 114 Å². The number of aldehydes is 1. The van der Waals surface area contributed by atoms with E-state index < -0.39 is 8.38 Å². The highest BCUT2D eigenvalue weighted by atomic mass is 31.2. The second-order valence-electron chi connectivity index (χ2n) is 4.57. The quantitative estimate of drug-likeness (QED) is 0.245. The van der Waals surface area contributed by atoms with Crippen molar-refractivity contribution in [3.8, 4) is 0 Å². The molecule has 0 radical (unpaired) electrons. The molecule has 0 bridgehead atoms. The first kappa shape index (κ1) is 16.2. The first-order valence-corrected chi connectivity index (χ1v) is 7.65. The monoisotopic (exact) mass is 284 g/mol. The van der Waals surface area contributed by atoms with Crippen LogP contribution in [0.5, 0.6) is 0 Å². The van der Waals surface area contributed by atoms with Crippen LogP contribution in [0.25, 0.3) is 0 Å². The molecule has 0 heterocycles. The van der Waals surface area contributed by atoms with Crippen LogP contribution in [-0.4, -0.2) is 28.3 Å². The fourth-order valence-corrected chi connectivity index (χ4v) is 2.42. The van der Waals surface area contributed by atoms with Crippen LogP contribution in [0.3, 0.4) is 0 Å². The lowest BCUT2D eigenvalue weighted by atomic mass is 9.98. The van der Waals surface area contributed by atoms with E-state index in [1.165, 1.54) is 5.56 Å². The summed E-state index contributed by atoms with van der Waals surface area (Å²) in [5, 5.41) is 0. The van der Waals surface area contributed by atoms with E-state index in [1.807, 2.05) is 25.1 Å². The lowest BCUT2D eigenvalue weighted by Gasteiger charge is -2.12. The minimum absolute atomic E-state index is 0.363. The smallest absolute Gasteiger partial charge is 0.164 e. The van der Waals surface area contributed by atoms with Crippen LogP contribution in [0.2, 0.25) is 0 Å². The van der Waals surface area contributed by atoms with Gasteiger partial charge in [-0.25, -0.2) is 5.43 Å². The van der Waals surface area contributed by atoms with Crippen molar-refractivity contribution in [2.75, 3.05) is 6.16 Å².